The van der Waals surface area contributed by atoms with Gasteiger partial charge in [-0.3, -0.25) is 9.59 Å². The Kier molecular flexibility index (Phi) is 6.89. The zero-order valence-electron chi connectivity index (χ0n) is 17.0. The molecular weight excluding hydrogens is 413 g/mol. The van der Waals surface area contributed by atoms with Crippen molar-refractivity contribution < 1.29 is 27.1 Å². The highest BCUT2D eigenvalue weighted by atomic mass is 32.2. The van der Waals surface area contributed by atoms with E-state index in [1.807, 2.05) is 6.92 Å². The molecule has 3 rings (SSSR count). The summed E-state index contributed by atoms with van der Waals surface area (Å²) in [5, 5.41) is 0.482. The van der Waals surface area contributed by atoms with Gasteiger partial charge in [0, 0.05) is 25.2 Å². The number of halogens is 1. The number of ether oxygens (including phenoxy) is 1. The van der Waals surface area contributed by atoms with Crippen molar-refractivity contribution in [2.45, 2.75) is 32.4 Å². The van der Waals surface area contributed by atoms with Crippen LogP contribution in [-0.4, -0.2) is 75.0 Å². The van der Waals surface area contributed by atoms with Gasteiger partial charge in [-0.15, -0.1) is 0 Å². The number of nitrogens with zero attached hydrogens (tertiary/aromatic N) is 2. The minimum absolute atomic E-state index is 0.134. The van der Waals surface area contributed by atoms with Crippen molar-refractivity contribution in [2.24, 2.45) is 0 Å². The topological polar surface area (TPSA) is 96.0 Å². The van der Waals surface area contributed by atoms with Gasteiger partial charge in [0.05, 0.1) is 18.6 Å². The summed E-state index contributed by atoms with van der Waals surface area (Å²) < 4.78 is 46.5. The van der Waals surface area contributed by atoms with Gasteiger partial charge in [-0.05, 0) is 20.3 Å². The highest BCUT2D eigenvalue weighted by Gasteiger charge is 2.39. The van der Waals surface area contributed by atoms with Crippen molar-refractivity contribution in [3.63, 3.8) is 0 Å². The summed E-state index contributed by atoms with van der Waals surface area (Å²) in [5.41, 5.74) is 1.06. The first-order valence-corrected chi connectivity index (χ1v) is 11.4. The fraction of sp³-hybridized carbons (Fsp3) is 0.500. The Morgan fingerprint density at radius 2 is 1.87 bits per heavy atom. The lowest BCUT2D eigenvalue weighted by Crippen LogP contribution is -2.52. The Balaban J connectivity index is 1.64. The second-order valence-electron chi connectivity index (χ2n) is 7.48. The third-order valence-corrected chi connectivity index (χ3v) is 6.41. The molecule has 30 heavy (non-hydrogen) atoms. The van der Waals surface area contributed by atoms with Gasteiger partial charge in [-0.1, -0.05) is 29.8 Å². The summed E-state index contributed by atoms with van der Waals surface area (Å²) in [5.74, 6) is -1.60. The van der Waals surface area contributed by atoms with Gasteiger partial charge in [0.1, 0.15) is 17.9 Å². The molecule has 0 unspecified atom stereocenters. The third-order valence-electron chi connectivity index (χ3n) is 5.28. The number of morpholine rings is 1. The van der Waals surface area contributed by atoms with E-state index in [9.17, 15) is 22.4 Å². The van der Waals surface area contributed by atoms with Crippen LogP contribution in [0.5, 0.6) is 0 Å². The van der Waals surface area contributed by atoms with E-state index in [1.165, 1.54) is 17.0 Å². The Hall–Kier alpha value is -2.30. The van der Waals surface area contributed by atoms with E-state index in [-0.39, 0.29) is 24.4 Å². The predicted molar refractivity (Wildman–Crippen MR) is 109 cm³/mol. The van der Waals surface area contributed by atoms with Gasteiger partial charge in [0.25, 0.3) is 0 Å². The zero-order valence-corrected chi connectivity index (χ0v) is 17.8. The van der Waals surface area contributed by atoms with Crippen LogP contribution in [0.25, 0.3) is 5.83 Å². The van der Waals surface area contributed by atoms with Crippen molar-refractivity contribution in [1.29, 1.82) is 0 Å². The summed E-state index contributed by atoms with van der Waals surface area (Å²) >= 11 is 0. The number of hydrogen-bond donors (Lipinski definition) is 1. The summed E-state index contributed by atoms with van der Waals surface area (Å²) in [6.45, 7) is 5.54. The van der Waals surface area contributed by atoms with E-state index in [4.69, 9.17) is 4.74 Å². The number of benzene rings is 1. The first-order chi connectivity index (χ1) is 14.2. The Bertz CT molecular complexity index is 926. The number of carbonyl (C=O) groups excluding carboxylic acids is 2. The second kappa shape index (κ2) is 9.23. The van der Waals surface area contributed by atoms with Gasteiger partial charge < -0.3 is 14.5 Å². The molecule has 1 aromatic rings. The standard InChI is InChI=1S/C20H26FN3O5S/c1-14-3-5-16(6-4-14)17(21)13-30(27,28)22-18-7-8-24(20(18)26)15(2)19(25)23-9-11-29-12-10-23/h3-6,13,15,18,22H,7-12H2,1-2H3/b17-13-/t15-,18-/m0/s1. The Morgan fingerprint density at radius 1 is 1.23 bits per heavy atom. The summed E-state index contributed by atoms with van der Waals surface area (Å²) in [6, 6.07) is 4.58. The number of rotatable bonds is 6. The molecule has 8 nitrogen and oxygen atoms in total. The van der Waals surface area contributed by atoms with Crippen LogP contribution in [0.15, 0.2) is 29.7 Å². The quantitative estimate of drug-likeness (QED) is 0.714. The fourth-order valence-electron chi connectivity index (χ4n) is 3.53. The first-order valence-electron chi connectivity index (χ1n) is 9.81. The number of carbonyl (C=O) groups is 2. The third kappa shape index (κ3) is 5.24. The molecule has 0 aromatic heterocycles. The maximum atomic E-state index is 14.3. The molecule has 2 amide bonds. The Labute approximate surface area is 175 Å². The molecule has 0 saturated carbocycles. The van der Waals surface area contributed by atoms with Crippen molar-refractivity contribution in [1.82, 2.24) is 14.5 Å². The monoisotopic (exact) mass is 439 g/mol. The van der Waals surface area contributed by atoms with Crippen LogP contribution in [0, 0.1) is 6.92 Å². The Morgan fingerprint density at radius 3 is 2.50 bits per heavy atom. The van der Waals surface area contributed by atoms with Gasteiger partial charge in [0.2, 0.25) is 21.8 Å². The van der Waals surface area contributed by atoms with Crippen molar-refractivity contribution in [2.75, 3.05) is 32.8 Å². The minimum Gasteiger partial charge on any atom is -0.378 e. The van der Waals surface area contributed by atoms with Crippen LogP contribution in [0.2, 0.25) is 0 Å². The molecule has 0 bridgehead atoms. The molecule has 0 spiro atoms. The summed E-state index contributed by atoms with van der Waals surface area (Å²) in [4.78, 5) is 28.3. The maximum absolute atomic E-state index is 14.3. The van der Waals surface area contributed by atoms with E-state index >= 15 is 0 Å². The first kappa shape index (κ1) is 22.4. The largest absolute Gasteiger partial charge is 0.378 e. The molecule has 1 N–H and O–H groups in total. The van der Waals surface area contributed by atoms with E-state index < -0.39 is 33.8 Å². The van der Waals surface area contributed by atoms with E-state index in [1.54, 1.807) is 24.0 Å². The predicted octanol–water partition coefficient (Wildman–Crippen LogP) is 1.03. The molecule has 2 saturated heterocycles. The van der Waals surface area contributed by atoms with Crippen LogP contribution >= 0.6 is 0 Å². The molecule has 10 heteroatoms. The average molecular weight is 440 g/mol. The van der Waals surface area contributed by atoms with Gasteiger partial charge in [-0.25, -0.2) is 12.8 Å². The van der Waals surface area contributed by atoms with Gasteiger partial charge in [0.15, 0.2) is 0 Å². The lowest BCUT2D eigenvalue weighted by atomic mass is 10.1. The normalized spacial score (nSPS) is 21.8. The molecule has 164 valence electrons. The van der Waals surface area contributed by atoms with Crippen molar-refractivity contribution in [3.8, 4) is 0 Å². The van der Waals surface area contributed by atoms with E-state index in [0.717, 1.165) is 5.56 Å². The molecule has 0 radical (unpaired) electrons. The zero-order chi connectivity index (χ0) is 21.9. The number of sulfonamides is 1. The average Bonchev–Trinajstić information content (AvgIpc) is 3.07. The van der Waals surface area contributed by atoms with Gasteiger partial charge in [-0.2, -0.15) is 4.72 Å². The van der Waals surface area contributed by atoms with Crippen LogP contribution in [0.1, 0.15) is 24.5 Å². The molecule has 2 heterocycles. The lowest BCUT2D eigenvalue weighted by Gasteiger charge is -2.32. The smallest absolute Gasteiger partial charge is 0.245 e. The fourth-order valence-corrected chi connectivity index (χ4v) is 4.62. The molecule has 1 aromatic carbocycles. The SMILES string of the molecule is Cc1ccc(/C(F)=C/S(=O)(=O)N[C@H]2CCN([C@@H](C)C(=O)N3CCOCC3)C2=O)cc1. The summed E-state index contributed by atoms with van der Waals surface area (Å²) in [7, 11) is -4.19. The number of aryl methyl sites for hydroxylation is 1. The summed E-state index contributed by atoms with van der Waals surface area (Å²) in [6.07, 6.45) is 0.207. The highest BCUT2D eigenvalue weighted by Crippen LogP contribution is 2.20. The molecule has 2 fully saturated rings. The molecular formula is C20H26FN3O5S. The number of nitrogens with one attached hydrogen (secondary N) is 1. The van der Waals surface area contributed by atoms with Crippen LogP contribution in [-0.2, 0) is 24.3 Å². The maximum Gasteiger partial charge on any atom is 0.245 e. The van der Waals surface area contributed by atoms with Gasteiger partial charge >= 0.3 is 0 Å². The molecule has 2 atom stereocenters. The second-order valence-corrected chi connectivity index (χ2v) is 9.04. The number of hydrogen-bond acceptors (Lipinski definition) is 5. The highest BCUT2D eigenvalue weighted by molar-refractivity contribution is 7.92. The molecule has 2 aliphatic rings. The lowest BCUT2D eigenvalue weighted by molar-refractivity contribution is -0.146. The molecule has 0 aliphatic carbocycles. The van der Waals surface area contributed by atoms with Crippen molar-refractivity contribution in [3.05, 3.63) is 40.8 Å². The van der Waals surface area contributed by atoms with Crippen LogP contribution in [0.3, 0.4) is 0 Å². The van der Waals surface area contributed by atoms with Crippen LogP contribution < -0.4 is 4.72 Å². The van der Waals surface area contributed by atoms with Crippen LogP contribution in [0.4, 0.5) is 4.39 Å². The number of likely N-dealkylation sites (tertiary alicyclic amines) is 1. The van der Waals surface area contributed by atoms with E-state index in [0.29, 0.717) is 31.7 Å². The van der Waals surface area contributed by atoms with E-state index in [2.05, 4.69) is 4.72 Å². The molecule has 2 aliphatic heterocycles. The number of amides is 2. The minimum atomic E-state index is -4.19. The van der Waals surface area contributed by atoms with Crippen molar-refractivity contribution >= 4 is 27.7 Å².